The van der Waals surface area contributed by atoms with Gasteiger partial charge in [-0.25, -0.2) is 4.79 Å². The minimum absolute atomic E-state index is 0.0218. The summed E-state index contributed by atoms with van der Waals surface area (Å²) in [5.74, 6) is 0.239. The number of para-hydroxylation sites is 1. The number of amides is 1. The lowest BCUT2D eigenvalue weighted by Gasteiger charge is -2.10. The Balaban J connectivity index is 1.85. The van der Waals surface area contributed by atoms with Crippen LogP contribution in [-0.4, -0.2) is 25.2 Å². The van der Waals surface area contributed by atoms with Crippen molar-refractivity contribution in [1.82, 2.24) is 0 Å². The van der Waals surface area contributed by atoms with Gasteiger partial charge in [0.05, 0.1) is 26.0 Å². The third-order valence-electron chi connectivity index (χ3n) is 3.86. The number of nitrogens with one attached hydrogen (secondary N) is 1. The zero-order valence-electron chi connectivity index (χ0n) is 14.2. The van der Waals surface area contributed by atoms with Gasteiger partial charge in [-0.15, -0.1) is 0 Å². The molecule has 2 N–H and O–H groups in total. The highest BCUT2D eigenvalue weighted by atomic mass is 16.5. The fourth-order valence-electron chi connectivity index (χ4n) is 2.60. The van der Waals surface area contributed by atoms with Gasteiger partial charge in [0.1, 0.15) is 5.58 Å². The van der Waals surface area contributed by atoms with E-state index in [4.69, 9.17) is 13.9 Å². The van der Waals surface area contributed by atoms with E-state index >= 15 is 0 Å². The number of hydrogen-bond acceptors (Lipinski definition) is 6. The normalized spacial score (nSPS) is 10.5. The predicted octanol–water partition coefficient (Wildman–Crippen LogP) is 2.70. The summed E-state index contributed by atoms with van der Waals surface area (Å²) in [5, 5.41) is 13.0. The molecule has 3 rings (SSSR count). The monoisotopic (exact) mass is 355 g/mol. The molecule has 1 amide bonds. The van der Waals surface area contributed by atoms with Crippen molar-refractivity contribution in [3.05, 3.63) is 58.4 Å². The summed E-state index contributed by atoms with van der Waals surface area (Å²) in [4.78, 5) is 24.3. The lowest BCUT2D eigenvalue weighted by Crippen LogP contribution is -2.19. The van der Waals surface area contributed by atoms with E-state index in [9.17, 15) is 14.7 Å². The lowest BCUT2D eigenvalue weighted by atomic mass is 10.1. The molecule has 0 atom stereocenters. The Morgan fingerprint density at radius 3 is 2.58 bits per heavy atom. The second kappa shape index (κ2) is 7.18. The molecule has 1 heterocycles. The van der Waals surface area contributed by atoms with Gasteiger partial charge in [0.15, 0.2) is 22.9 Å². The summed E-state index contributed by atoms with van der Waals surface area (Å²) in [5.41, 5.74) is -0.200. The Kier molecular flexibility index (Phi) is 4.79. The fourth-order valence-corrected chi connectivity index (χ4v) is 2.60. The molecule has 7 nitrogen and oxygen atoms in total. The standard InChI is InChI=1S/C19H17NO6/c1-24-14-8-7-11(9-15(14)25-2)10-16(21)20-17-18(22)12-5-3-4-6-13(12)26-19(17)23/h3-9,22H,10H2,1-2H3,(H,20,21). The number of benzene rings is 2. The number of hydrogen-bond donors (Lipinski definition) is 2. The molecule has 0 saturated heterocycles. The second-order valence-electron chi connectivity index (χ2n) is 5.52. The number of anilines is 1. The highest BCUT2D eigenvalue weighted by Gasteiger charge is 2.17. The highest BCUT2D eigenvalue weighted by Crippen LogP contribution is 2.30. The minimum atomic E-state index is -0.818. The van der Waals surface area contributed by atoms with Crippen molar-refractivity contribution >= 4 is 22.6 Å². The van der Waals surface area contributed by atoms with Crippen LogP contribution in [0.25, 0.3) is 11.0 Å². The largest absolute Gasteiger partial charge is 0.505 e. The Hall–Kier alpha value is -3.48. The van der Waals surface area contributed by atoms with E-state index < -0.39 is 11.5 Å². The van der Waals surface area contributed by atoms with Gasteiger partial charge in [-0.05, 0) is 29.8 Å². The molecule has 1 aromatic heterocycles. The van der Waals surface area contributed by atoms with Gasteiger partial charge < -0.3 is 24.3 Å². The van der Waals surface area contributed by atoms with Crippen LogP contribution in [0.4, 0.5) is 5.69 Å². The van der Waals surface area contributed by atoms with Gasteiger partial charge in [0.2, 0.25) is 5.91 Å². The van der Waals surface area contributed by atoms with Crippen LogP contribution >= 0.6 is 0 Å². The van der Waals surface area contributed by atoms with Gasteiger partial charge in [-0.1, -0.05) is 18.2 Å². The van der Waals surface area contributed by atoms with E-state index in [2.05, 4.69) is 5.32 Å². The molecular weight excluding hydrogens is 338 g/mol. The van der Waals surface area contributed by atoms with E-state index in [1.54, 1.807) is 42.5 Å². The highest BCUT2D eigenvalue weighted by molar-refractivity contribution is 5.97. The maximum Gasteiger partial charge on any atom is 0.364 e. The van der Waals surface area contributed by atoms with Crippen LogP contribution in [0.15, 0.2) is 51.7 Å². The van der Waals surface area contributed by atoms with Gasteiger partial charge in [0, 0.05) is 0 Å². The molecule has 134 valence electrons. The molecule has 3 aromatic rings. The number of aromatic hydroxyl groups is 1. The van der Waals surface area contributed by atoms with E-state index in [1.807, 2.05) is 0 Å². The van der Waals surface area contributed by atoms with Crippen LogP contribution < -0.4 is 20.4 Å². The van der Waals surface area contributed by atoms with Gasteiger partial charge in [-0.3, -0.25) is 4.79 Å². The van der Waals surface area contributed by atoms with Crippen LogP contribution in [-0.2, 0) is 11.2 Å². The smallest absolute Gasteiger partial charge is 0.364 e. The third kappa shape index (κ3) is 3.32. The summed E-state index contributed by atoms with van der Waals surface area (Å²) in [6.07, 6.45) is -0.0218. The number of methoxy groups -OCH3 is 2. The molecule has 0 saturated carbocycles. The Morgan fingerprint density at radius 2 is 1.85 bits per heavy atom. The van der Waals surface area contributed by atoms with Crippen molar-refractivity contribution in [3.63, 3.8) is 0 Å². The van der Waals surface area contributed by atoms with Gasteiger partial charge in [0.25, 0.3) is 0 Å². The maximum absolute atomic E-state index is 12.3. The molecule has 0 aliphatic rings. The molecule has 7 heteroatoms. The van der Waals surface area contributed by atoms with Crippen molar-refractivity contribution in [2.75, 3.05) is 19.5 Å². The van der Waals surface area contributed by atoms with Crippen LogP contribution in [0.2, 0.25) is 0 Å². The van der Waals surface area contributed by atoms with E-state index in [1.165, 1.54) is 14.2 Å². The molecule has 26 heavy (non-hydrogen) atoms. The summed E-state index contributed by atoms with van der Waals surface area (Å²) in [6, 6.07) is 11.6. The van der Waals surface area contributed by atoms with Crippen molar-refractivity contribution in [1.29, 1.82) is 0 Å². The molecular formula is C19H17NO6. The first-order chi connectivity index (χ1) is 12.5. The summed E-state index contributed by atoms with van der Waals surface area (Å²) in [6.45, 7) is 0. The SMILES string of the molecule is COc1ccc(CC(=O)Nc2c(O)c3ccccc3oc2=O)cc1OC. The number of ether oxygens (including phenoxy) is 2. The molecule has 0 spiro atoms. The number of rotatable bonds is 5. The first-order valence-corrected chi connectivity index (χ1v) is 7.79. The Bertz CT molecular complexity index is 1020. The van der Waals surface area contributed by atoms with E-state index in [0.717, 1.165) is 0 Å². The first kappa shape index (κ1) is 17.3. The predicted molar refractivity (Wildman–Crippen MR) is 96.0 cm³/mol. The fraction of sp³-hybridized carbons (Fsp3) is 0.158. The lowest BCUT2D eigenvalue weighted by molar-refractivity contribution is -0.115. The van der Waals surface area contributed by atoms with Crippen LogP contribution in [0, 0.1) is 0 Å². The van der Waals surface area contributed by atoms with Crippen molar-refractivity contribution in [2.24, 2.45) is 0 Å². The van der Waals surface area contributed by atoms with Gasteiger partial charge in [-0.2, -0.15) is 0 Å². The molecule has 0 bridgehead atoms. The number of carbonyl (C=O) groups excluding carboxylic acids is 1. The molecule has 0 radical (unpaired) electrons. The van der Waals surface area contributed by atoms with Crippen LogP contribution in [0.1, 0.15) is 5.56 Å². The zero-order valence-corrected chi connectivity index (χ0v) is 14.2. The Labute approximate surface area is 148 Å². The average Bonchev–Trinajstić information content (AvgIpc) is 2.65. The second-order valence-corrected chi connectivity index (χ2v) is 5.52. The molecule has 0 aliphatic heterocycles. The summed E-state index contributed by atoms with van der Waals surface area (Å²) >= 11 is 0. The molecule has 0 fully saturated rings. The average molecular weight is 355 g/mol. The molecule has 2 aromatic carbocycles. The van der Waals surface area contributed by atoms with Crippen molar-refractivity contribution < 1.29 is 23.8 Å². The topological polar surface area (TPSA) is 98.0 Å². The van der Waals surface area contributed by atoms with Gasteiger partial charge >= 0.3 is 5.63 Å². The Morgan fingerprint density at radius 1 is 1.12 bits per heavy atom. The summed E-state index contributed by atoms with van der Waals surface area (Å²) in [7, 11) is 3.02. The zero-order chi connectivity index (χ0) is 18.7. The summed E-state index contributed by atoms with van der Waals surface area (Å²) < 4.78 is 15.5. The molecule has 0 unspecified atom stereocenters. The quantitative estimate of drug-likeness (QED) is 0.683. The number of fused-ring (bicyclic) bond motifs is 1. The minimum Gasteiger partial charge on any atom is -0.505 e. The third-order valence-corrected chi connectivity index (χ3v) is 3.86. The van der Waals surface area contributed by atoms with Crippen molar-refractivity contribution in [3.8, 4) is 17.2 Å². The first-order valence-electron chi connectivity index (χ1n) is 7.79. The van der Waals surface area contributed by atoms with E-state index in [-0.39, 0.29) is 23.4 Å². The van der Waals surface area contributed by atoms with Crippen molar-refractivity contribution in [2.45, 2.75) is 6.42 Å². The molecule has 0 aliphatic carbocycles. The number of carbonyl (C=O) groups is 1. The maximum atomic E-state index is 12.3. The van der Waals surface area contributed by atoms with Crippen LogP contribution in [0.5, 0.6) is 17.2 Å². The van der Waals surface area contributed by atoms with Crippen LogP contribution in [0.3, 0.4) is 0 Å². The van der Waals surface area contributed by atoms with E-state index in [0.29, 0.717) is 22.4 Å².